The van der Waals surface area contributed by atoms with Crippen LogP contribution in [0.5, 0.6) is 0 Å². The Morgan fingerprint density at radius 3 is 2.63 bits per heavy atom. The standard InChI is InChI=1S/C14H21N5/c1-11(2)13(19-7-3-4-8-19)10-18-14-12(9-15)16-5-6-17-14/h5-6,11,13H,3-4,7-8,10H2,1-2H3,(H,17,18)/t13-/m0/s1. The van der Waals surface area contributed by atoms with E-state index in [1.807, 2.05) is 0 Å². The van der Waals surface area contributed by atoms with Crippen molar-refractivity contribution in [3.63, 3.8) is 0 Å². The Hall–Kier alpha value is -1.67. The second-order valence-corrected chi connectivity index (χ2v) is 5.30. The number of rotatable bonds is 5. The number of likely N-dealkylation sites (tertiary alicyclic amines) is 1. The Morgan fingerprint density at radius 1 is 1.32 bits per heavy atom. The first kappa shape index (κ1) is 13.8. The van der Waals surface area contributed by atoms with Crippen LogP contribution < -0.4 is 5.32 Å². The van der Waals surface area contributed by atoms with Gasteiger partial charge in [-0.05, 0) is 31.8 Å². The zero-order chi connectivity index (χ0) is 13.7. The molecule has 1 saturated heterocycles. The summed E-state index contributed by atoms with van der Waals surface area (Å²) in [7, 11) is 0. The molecule has 19 heavy (non-hydrogen) atoms. The van der Waals surface area contributed by atoms with Gasteiger partial charge in [0.05, 0.1) is 0 Å². The summed E-state index contributed by atoms with van der Waals surface area (Å²) in [6.07, 6.45) is 5.74. The third-order valence-electron chi connectivity index (χ3n) is 3.66. The van der Waals surface area contributed by atoms with Gasteiger partial charge in [0.25, 0.3) is 0 Å². The number of hydrogen-bond acceptors (Lipinski definition) is 5. The van der Waals surface area contributed by atoms with Crippen LogP contribution in [0, 0.1) is 17.2 Å². The van der Waals surface area contributed by atoms with Gasteiger partial charge in [-0.2, -0.15) is 5.26 Å². The molecule has 0 spiro atoms. The molecule has 2 heterocycles. The average molecular weight is 259 g/mol. The fourth-order valence-corrected chi connectivity index (χ4v) is 2.61. The van der Waals surface area contributed by atoms with Crippen molar-refractivity contribution in [2.24, 2.45) is 5.92 Å². The van der Waals surface area contributed by atoms with Gasteiger partial charge in [0, 0.05) is 25.0 Å². The quantitative estimate of drug-likeness (QED) is 0.874. The lowest BCUT2D eigenvalue weighted by Gasteiger charge is -2.31. The number of aromatic nitrogens is 2. The van der Waals surface area contributed by atoms with Crippen LogP contribution in [0.1, 0.15) is 32.4 Å². The predicted octanol–water partition coefficient (Wildman–Crippen LogP) is 1.88. The maximum absolute atomic E-state index is 9.00. The van der Waals surface area contributed by atoms with Crippen LogP contribution in [0.15, 0.2) is 12.4 Å². The maximum Gasteiger partial charge on any atom is 0.182 e. The summed E-state index contributed by atoms with van der Waals surface area (Å²) in [5, 5.41) is 12.3. The van der Waals surface area contributed by atoms with E-state index in [-0.39, 0.29) is 0 Å². The number of nitrogens with one attached hydrogen (secondary N) is 1. The number of anilines is 1. The Kier molecular flexibility index (Phi) is 4.69. The van der Waals surface area contributed by atoms with Crippen molar-refractivity contribution in [2.75, 3.05) is 25.0 Å². The van der Waals surface area contributed by atoms with Gasteiger partial charge in [-0.15, -0.1) is 0 Å². The first-order valence-electron chi connectivity index (χ1n) is 6.91. The molecule has 1 aromatic rings. The van der Waals surface area contributed by atoms with Crippen LogP contribution in [0.3, 0.4) is 0 Å². The van der Waals surface area contributed by atoms with Crippen molar-refractivity contribution in [2.45, 2.75) is 32.7 Å². The summed E-state index contributed by atoms with van der Waals surface area (Å²) < 4.78 is 0. The van der Waals surface area contributed by atoms with Crippen molar-refractivity contribution in [1.82, 2.24) is 14.9 Å². The number of nitrogens with zero attached hydrogens (tertiary/aromatic N) is 4. The van der Waals surface area contributed by atoms with E-state index < -0.39 is 0 Å². The molecule has 0 saturated carbocycles. The van der Waals surface area contributed by atoms with Gasteiger partial charge in [0.15, 0.2) is 11.5 Å². The molecule has 1 aromatic heterocycles. The molecule has 0 aromatic carbocycles. The molecular weight excluding hydrogens is 238 g/mol. The predicted molar refractivity (Wildman–Crippen MR) is 74.7 cm³/mol. The molecule has 0 bridgehead atoms. The van der Waals surface area contributed by atoms with Gasteiger partial charge in [-0.25, -0.2) is 9.97 Å². The van der Waals surface area contributed by atoms with Crippen molar-refractivity contribution < 1.29 is 0 Å². The lowest BCUT2D eigenvalue weighted by atomic mass is 10.0. The summed E-state index contributed by atoms with van der Waals surface area (Å²) in [5.41, 5.74) is 0.367. The molecule has 1 N–H and O–H groups in total. The Bertz CT molecular complexity index is 445. The molecule has 2 rings (SSSR count). The first-order valence-corrected chi connectivity index (χ1v) is 6.91. The fourth-order valence-electron chi connectivity index (χ4n) is 2.61. The number of nitriles is 1. The van der Waals surface area contributed by atoms with Crippen molar-refractivity contribution in [3.8, 4) is 6.07 Å². The smallest absolute Gasteiger partial charge is 0.182 e. The van der Waals surface area contributed by atoms with E-state index in [1.54, 1.807) is 12.4 Å². The highest BCUT2D eigenvalue weighted by Gasteiger charge is 2.24. The normalized spacial score (nSPS) is 17.4. The Morgan fingerprint density at radius 2 is 2.00 bits per heavy atom. The van der Waals surface area contributed by atoms with E-state index in [2.05, 4.69) is 40.1 Å². The lowest BCUT2D eigenvalue weighted by molar-refractivity contribution is 0.201. The van der Waals surface area contributed by atoms with Crippen molar-refractivity contribution >= 4 is 5.82 Å². The molecule has 5 nitrogen and oxygen atoms in total. The molecule has 102 valence electrons. The van der Waals surface area contributed by atoms with Gasteiger partial charge in [-0.3, -0.25) is 4.90 Å². The topological polar surface area (TPSA) is 64.8 Å². The third-order valence-corrected chi connectivity index (χ3v) is 3.66. The van der Waals surface area contributed by atoms with Gasteiger partial charge in [-0.1, -0.05) is 13.8 Å². The summed E-state index contributed by atoms with van der Waals surface area (Å²) in [6, 6.07) is 2.55. The van der Waals surface area contributed by atoms with Crippen LogP contribution in [-0.2, 0) is 0 Å². The summed E-state index contributed by atoms with van der Waals surface area (Å²) in [5.74, 6) is 1.17. The van der Waals surface area contributed by atoms with E-state index in [0.29, 0.717) is 23.5 Å². The van der Waals surface area contributed by atoms with Crippen LogP contribution in [0.4, 0.5) is 5.82 Å². The lowest BCUT2D eigenvalue weighted by Crippen LogP contribution is -2.42. The van der Waals surface area contributed by atoms with E-state index in [0.717, 1.165) is 6.54 Å². The van der Waals surface area contributed by atoms with Gasteiger partial charge in [0.2, 0.25) is 0 Å². The summed E-state index contributed by atoms with van der Waals surface area (Å²) >= 11 is 0. The van der Waals surface area contributed by atoms with E-state index in [1.165, 1.54) is 25.9 Å². The molecule has 0 amide bonds. The Balaban J connectivity index is 2.00. The van der Waals surface area contributed by atoms with Crippen LogP contribution in [0.2, 0.25) is 0 Å². The molecule has 0 aliphatic carbocycles. The zero-order valence-electron chi connectivity index (χ0n) is 11.6. The van der Waals surface area contributed by atoms with Gasteiger partial charge in [0.1, 0.15) is 6.07 Å². The number of hydrogen-bond donors (Lipinski definition) is 1. The largest absolute Gasteiger partial charge is 0.366 e. The summed E-state index contributed by atoms with van der Waals surface area (Å²) in [4.78, 5) is 10.7. The van der Waals surface area contributed by atoms with Crippen LogP contribution >= 0.6 is 0 Å². The average Bonchev–Trinajstić information content (AvgIpc) is 2.93. The highest BCUT2D eigenvalue weighted by atomic mass is 15.2. The van der Waals surface area contributed by atoms with Gasteiger partial charge >= 0.3 is 0 Å². The van der Waals surface area contributed by atoms with E-state index in [4.69, 9.17) is 5.26 Å². The minimum absolute atomic E-state index is 0.367. The molecule has 1 fully saturated rings. The van der Waals surface area contributed by atoms with Crippen molar-refractivity contribution in [3.05, 3.63) is 18.1 Å². The van der Waals surface area contributed by atoms with Crippen LogP contribution in [-0.4, -0.2) is 40.5 Å². The minimum atomic E-state index is 0.367. The molecule has 1 aliphatic rings. The fraction of sp³-hybridized carbons (Fsp3) is 0.643. The molecular formula is C14H21N5. The molecule has 1 atom stereocenters. The molecule has 5 heteroatoms. The molecule has 0 unspecified atom stereocenters. The highest BCUT2D eigenvalue weighted by Crippen LogP contribution is 2.18. The molecule has 1 aliphatic heterocycles. The monoisotopic (exact) mass is 259 g/mol. The molecule has 0 radical (unpaired) electrons. The minimum Gasteiger partial charge on any atom is -0.366 e. The second-order valence-electron chi connectivity index (χ2n) is 5.30. The SMILES string of the molecule is CC(C)[C@H](CNc1nccnc1C#N)N1CCCC1. The summed E-state index contributed by atoms with van der Waals surface area (Å²) in [6.45, 7) is 7.65. The highest BCUT2D eigenvalue weighted by molar-refractivity contribution is 5.46. The Labute approximate surface area is 114 Å². The van der Waals surface area contributed by atoms with Crippen LogP contribution in [0.25, 0.3) is 0 Å². The zero-order valence-corrected chi connectivity index (χ0v) is 11.6. The van der Waals surface area contributed by atoms with Crippen molar-refractivity contribution in [1.29, 1.82) is 5.26 Å². The van der Waals surface area contributed by atoms with E-state index >= 15 is 0 Å². The second kappa shape index (κ2) is 6.48. The van der Waals surface area contributed by atoms with Gasteiger partial charge < -0.3 is 5.32 Å². The first-order chi connectivity index (χ1) is 9.22. The third kappa shape index (κ3) is 3.42. The van der Waals surface area contributed by atoms with E-state index in [9.17, 15) is 0 Å². The maximum atomic E-state index is 9.00.